The van der Waals surface area contributed by atoms with Gasteiger partial charge in [0.25, 0.3) is 0 Å². The van der Waals surface area contributed by atoms with Crippen molar-refractivity contribution >= 4 is 0 Å². The minimum atomic E-state index is 0.368. The van der Waals surface area contributed by atoms with Crippen LogP contribution in [0.4, 0.5) is 0 Å². The van der Waals surface area contributed by atoms with Crippen molar-refractivity contribution in [1.29, 1.82) is 0 Å². The molecule has 0 saturated carbocycles. The zero-order valence-electron chi connectivity index (χ0n) is 16.4. The Morgan fingerprint density at radius 1 is 1.16 bits per heavy atom. The highest BCUT2D eigenvalue weighted by Crippen LogP contribution is 2.15. The molecule has 0 bridgehead atoms. The van der Waals surface area contributed by atoms with E-state index in [-0.39, 0.29) is 0 Å². The van der Waals surface area contributed by atoms with Gasteiger partial charge in [0.2, 0.25) is 0 Å². The monoisotopic (exact) mass is 349 g/mol. The van der Waals surface area contributed by atoms with Crippen LogP contribution >= 0.6 is 0 Å². The smallest absolute Gasteiger partial charge is 0.0829 e. The Kier molecular flexibility index (Phi) is 6.49. The molecule has 0 spiro atoms. The molecule has 2 fully saturated rings. The van der Waals surface area contributed by atoms with Crippen molar-refractivity contribution in [2.45, 2.75) is 45.9 Å². The number of ether oxygens (including phenoxy) is 1. The van der Waals surface area contributed by atoms with E-state index in [2.05, 4.69) is 46.8 Å². The number of aryl methyl sites for hydroxylation is 2. The van der Waals surface area contributed by atoms with Gasteiger partial charge in [-0.25, -0.2) is 0 Å². The highest BCUT2D eigenvalue weighted by Gasteiger charge is 2.26. The first-order valence-corrected chi connectivity index (χ1v) is 9.87. The fourth-order valence-corrected chi connectivity index (χ4v) is 3.99. The molecule has 1 aromatic rings. The summed E-state index contributed by atoms with van der Waals surface area (Å²) in [6.45, 7) is 16.5. The van der Waals surface area contributed by atoms with Crippen LogP contribution in [-0.4, -0.2) is 89.0 Å². The molecule has 0 aliphatic carbocycles. The maximum Gasteiger partial charge on any atom is 0.0829 e. The lowest BCUT2D eigenvalue weighted by Gasteiger charge is -2.40. The third-order valence-corrected chi connectivity index (χ3v) is 5.55. The number of piperazine rings is 1. The van der Waals surface area contributed by atoms with Crippen LogP contribution in [-0.2, 0) is 24.8 Å². The van der Waals surface area contributed by atoms with Gasteiger partial charge in [0, 0.05) is 77.2 Å². The van der Waals surface area contributed by atoms with E-state index in [1.54, 1.807) is 0 Å². The average Bonchev–Trinajstić information content (AvgIpc) is 2.96. The Balaban J connectivity index is 1.44. The van der Waals surface area contributed by atoms with Crippen molar-refractivity contribution in [3.05, 3.63) is 17.5 Å². The lowest BCUT2D eigenvalue weighted by molar-refractivity contribution is -0.0565. The average molecular weight is 350 g/mol. The van der Waals surface area contributed by atoms with Crippen LogP contribution in [0.2, 0.25) is 0 Å². The molecule has 2 aliphatic heterocycles. The number of morpholine rings is 1. The van der Waals surface area contributed by atoms with Gasteiger partial charge >= 0.3 is 0 Å². The second-order valence-corrected chi connectivity index (χ2v) is 7.79. The largest absolute Gasteiger partial charge is 0.374 e. The van der Waals surface area contributed by atoms with Crippen molar-refractivity contribution in [2.75, 3.05) is 52.4 Å². The molecule has 3 rings (SSSR count). The van der Waals surface area contributed by atoms with E-state index in [1.165, 1.54) is 11.3 Å². The maximum absolute atomic E-state index is 6.01. The normalized spacial score (nSPS) is 24.3. The number of hydrogen-bond acceptors (Lipinski definition) is 5. The quantitative estimate of drug-likeness (QED) is 0.772. The molecule has 1 unspecified atom stereocenters. The summed E-state index contributed by atoms with van der Waals surface area (Å²) in [5, 5.41) is 4.57. The van der Waals surface area contributed by atoms with E-state index in [4.69, 9.17) is 4.74 Å². The Labute approximate surface area is 152 Å². The van der Waals surface area contributed by atoms with E-state index in [0.717, 1.165) is 65.4 Å². The van der Waals surface area contributed by atoms with E-state index in [1.807, 2.05) is 11.7 Å². The summed E-state index contributed by atoms with van der Waals surface area (Å²) in [7, 11) is 2.02. The van der Waals surface area contributed by atoms with Crippen LogP contribution < -0.4 is 0 Å². The van der Waals surface area contributed by atoms with Gasteiger partial charge in [0.05, 0.1) is 18.4 Å². The summed E-state index contributed by atoms with van der Waals surface area (Å²) >= 11 is 0. The highest BCUT2D eigenvalue weighted by molar-refractivity contribution is 5.17. The second kappa shape index (κ2) is 8.62. The van der Waals surface area contributed by atoms with Gasteiger partial charge in [-0.15, -0.1) is 0 Å². The van der Waals surface area contributed by atoms with Crippen LogP contribution in [0.15, 0.2) is 6.20 Å². The van der Waals surface area contributed by atoms with E-state index >= 15 is 0 Å². The van der Waals surface area contributed by atoms with Crippen LogP contribution in [0, 0.1) is 0 Å². The molecule has 0 aromatic carbocycles. The standard InChI is InChI=1S/C19H35N5O/c1-5-19-17(12-21(4)20-19)13-22-6-8-23(9-7-22)14-18-15-24(16(2)3)10-11-25-18/h12,16,18H,5-11,13-15H2,1-4H3. The highest BCUT2D eigenvalue weighted by atomic mass is 16.5. The minimum absolute atomic E-state index is 0.368. The fraction of sp³-hybridized carbons (Fsp3) is 0.842. The first kappa shape index (κ1) is 18.8. The molecule has 0 amide bonds. The number of aromatic nitrogens is 2. The van der Waals surface area contributed by atoms with E-state index < -0.39 is 0 Å². The number of hydrogen-bond donors (Lipinski definition) is 0. The topological polar surface area (TPSA) is 36.8 Å². The lowest BCUT2D eigenvalue weighted by atomic mass is 10.1. The molecule has 6 heteroatoms. The molecule has 25 heavy (non-hydrogen) atoms. The summed E-state index contributed by atoms with van der Waals surface area (Å²) < 4.78 is 7.96. The van der Waals surface area contributed by atoms with Gasteiger partial charge < -0.3 is 4.74 Å². The van der Waals surface area contributed by atoms with Crippen LogP contribution in [0.25, 0.3) is 0 Å². The molecule has 2 aliphatic rings. The van der Waals surface area contributed by atoms with Crippen molar-refractivity contribution in [1.82, 2.24) is 24.5 Å². The fourth-order valence-electron chi connectivity index (χ4n) is 3.99. The Morgan fingerprint density at radius 3 is 2.56 bits per heavy atom. The third kappa shape index (κ3) is 5.03. The van der Waals surface area contributed by atoms with Gasteiger partial charge in [-0.1, -0.05) is 6.92 Å². The summed E-state index contributed by atoms with van der Waals surface area (Å²) in [6.07, 6.45) is 3.57. The molecule has 142 valence electrons. The minimum Gasteiger partial charge on any atom is -0.374 e. The first-order valence-electron chi connectivity index (χ1n) is 9.87. The predicted molar refractivity (Wildman–Crippen MR) is 101 cm³/mol. The zero-order chi connectivity index (χ0) is 17.8. The van der Waals surface area contributed by atoms with Crippen LogP contribution in [0.3, 0.4) is 0 Å². The SMILES string of the molecule is CCc1nn(C)cc1CN1CCN(CC2CN(C(C)C)CCO2)CC1. The first-order chi connectivity index (χ1) is 12.0. The molecular weight excluding hydrogens is 314 g/mol. The van der Waals surface area contributed by atoms with E-state index in [9.17, 15) is 0 Å². The van der Waals surface area contributed by atoms with Crippen LogP contribution in [0.1, 0.15) is 32.0 Å². The molecule has 1 atom stereocenters. The molecule has 6 nitrogen and oxygen atoms in total. The van der Waals surface area contributed by atoms with Crippen LogP contribution in [0.5, 0.6) is 0 Å². The van der Waals surface area contributed by atoms with Gasteiger partial charge in [0.1, 0.15) is 0 Å². The van der Waals surface area contributed by atoms with Gasteiger partial charge in [-0.3, -0.25) is 19.4 Å². The number of rotatable bonds is 6. The predicted octanol–water partition coefficient (Wildman–Crippen LogP) is 1.21. The summed E-state index contributed by atoms with van der Waals surface area (Å²) in [5.41, 5.74) is 2.64. The summed E-state index contributed by atoms with van der Waals surface area (Å²) in [6, 6.07) is 0.621. The number of nitrogens with zero attached hydrogens (tertiary/aromatic N) is 5. The molecule has 3 heterocycles. The van der Waals surface area contributed by atoms with Crippen molar-refractivity contribution in [3.8, 4) is 0 Å². The molecular formula is C19H35N5O. The van der Waals surface area contributed by atoms with E-state index in [0.29, 0.717) is 12.1 Å². The zero-order valence-corrected chi connectivity index (χ0v) is 16.4. The third-order valence-electron chi connectivity index (χ3n) is 5.55. The Hall–Kier alpha value is -0.950. The van der Waals surface area contributed by atoms with Crippen molar-refractivity contribution in [2.24, 2.45) is 7.05 Å². The second-order valence-electron chi connectivity index (χ2n) is 7.79. The Morgan fingerprint density at radius 2 is 1.88 bits per heavy atom. The van der Waals surface area contributed by atoms with Crippen molar-refractivity contribution < 1.29 is 4.74 Å². The summed E-state index contributed by atoms with van der Waals surface area (Å²) in [5.74, 6) is 0. The summed E-state index contributed by atoms with van der Waals surface area (Å²) in [4.78, 5) is 7.68. The molecule has 0 radical (unpaired) electrons. The van der Waals surface area contributed by atoms with Gasteiger partial charge in [0.15, 0.2) is 0 Å². The van der Waals surface area contributed by atoms with Gasteiger partial charge in [-0.2, -0.15) is 5.10 Å². The molecule has 1 aromatic heterocycles. The molecule has 0 N–H and O–H groups in total. The van der Waals surface area contributed by atoms with Crippen molar-refractivity contribution in [3.63, 3.8) is 0 Å². The lowest BCUT2D eigenvalue weighted by Crippen LogP contribution is -2.53. The van der Waals surface area contributed by atoms with Gasteiger partial charge in [-0.05, 0) is 20.3 Å². The Bertz CT molecular complexity index is 536. The molecule has 2 saturated heterocycles. The maximum atomic E-state index is 6.01.